The van der Waals surface area contributed by atoms with Gasteiger partial charge in [-0.05, 0) is 181 Å². The summed E-state index contributed by atoms with van der Waals surface area (Å²) >= 11 is 0. The van der Waals surface area contributed by atoms with Crippen molar-refractivity contribution in [3.8, 4) is 5.75 Å². The van der Waals surface area contributed by atoms with E-state index in [0.29, 0.717) is 53.9 Å². The van der Waals surface area contributed by atoms with Gasteiger partial charge >= 0.3 is 11.9 Å². The standard InChI is InChI=1S/C52H82O7/c1-7-8-9-10-38-19-21-43(22-20-38)44-23-25-45(26-24-44)46-29-47(27-39-11-15-41(16-12-39)31-57-50(55)36(2)3)49(59-35-52(6,33-53)34-54)48(30-46)28-40-13-17-42(18-14-40)32-58-51(56)37(4)5/h29-30,38-45,53-54H,2,4,7-28,31-35H2,1,3,5-6H3. The third kappa shape index (κ3) is 14.5. The third-order valence-corrected chi connectivity index (χ3v) is 15.2. The highest BCUT2D eigenvalue weighted by atomic mass is 16.5. The molecule has 0 atom stereocenters. The SMILES string of the molecule is C=C(C)C(=O)OCC1CCC(Cc2cc(C3CCC(C4CCC(CCCCC)CC4)CC3)cc(CC3CCC(COC(=O)C(=C)C)CC3)c2OCC(C)(CO)CO)CC1. The molecule has 0 aromatic heterocycles. The fraction of sp³-hybridized carbons (Fsp3) is 0.769. The summed E-state index contributed by atoms with van der Waals surface area (Å²) < 4.78 is 18.0. The summed E-state index contributed by atoms with van der Waals surface area (Å²) in [5, 5.41) is 20.5. The van der Waals surface area contributed by atoms with Crippen LogP contribution in [0.3, 0.4) is 0 Å². The fourth-order valence-electron chi connectivity index (χ4n) is 10.9. The van der Waals surface area contributed by atoms with Gasteiger partial charge in [-0.25, -0.2) is 9.59 Å². The van der Waals surface area contributed by atoms with Crippen LogP contribution in [0, 0.1) is 46.8 Å². The van der Waals surface area contributed by atoms with Crippen LogP contribution in [-0.4, -0.2) is 55.2 Å². The highest BCUT2D eigenvalue weighted by Gasteiger charge is 2.34. The van der Waals surface area contributed by atoms with E-state index in [2.05, 4.69) is 32.2 Å². The molecule has 1 aromatic carbocycles. The number of ether oxygens (including phenoxy) is 3. The zero-order valence-electron chi connectivity index (χ0n) is 37.7. The maximum atomic E-state index is 12.1. The lowest BCUT2D eigenvalue weighted by molar-refractivity contribution is -0.141. The van der Waals surface area contributed by atoms with Crippen LogP contribution in [0.15, 0.2) is 36.4 Å². The molecule has 0 saturated heterocycles. The first-order chi connectivity index (χ1) is 28.4. The molecule has 0 radical (unpaired) electrons. The molecule has 4 aliphatic rings. The number of unbranched alkanes of at least 4 members (excludes halogenated alkanes) is 2. The van der Waals surface area contributed by atoms with Crippen molar-refractivity contribution in [1.82, 2.24) is 0 Å². The fourth-order valence-corrected chi connectivity index (χ4v) is 10.9. The molecule has 0 heterocycles. The lowest BCUT2D eigenvalue weighted by Gasteiger charge is -2.38. The van der Waals surface area contributed by atoms with Crippen molar-refractivity contribution in [3.63, 3.8) is 0 Å². The van der Waals surface area contributed by atoms with Crippen LogP contribution >= 0.6 is 0 Å². The van der Waals surface area contributed by atoms with Gasteiger partial charge in [0, 0.05) is 16.6 Å². The van der Waals surface area contributed by atoms with Gasteiger partial charge in [0.25, 0.3) is 0 Å². The molecule has 0 bridgehead atoms. The number of esters is 2. The monoisotopic (exact) mass is 819 g/mol. The Balaban J connectivity index is 1.33. The van der Waals surface area contributed by atoms with E-state index in [1.54, 1.807) is 13.8 Å². The van der Waals surface area contributed by atoms with E-state index in [4.69, 9.17) is 14.2 Å². The van der Waals surface area contributed by atoms with E-state index in [1.165, 1.54) is 93.7 Å². The normalized spacial score (nSPS) is 27.8. The molecule has 0 amide bonds. The number of aliphatic hydroxyl groups is 2. The molecule has 7 heteroatoms. The quantitative estimate of drug-likeness (QED) is 0.0723. The number of hydrogen-bond donors (Lipinski definition) is 2. The van der Waals surface area contributed by atoms with Crippen molar-refractivity contribution in [3.05, 3.63) is 53.1 Å². The van der Waals surface area contributed by atoms with Crippen molar-refractivity contribution in [2.45, 2.75) is 175 Å². The number of carbonyl (C=O) groups is 2. The van der Waals surface area contributed by atoms with Crippen molar-refractivity contribution in [2.24, 2.45) is 46.8 Å². The lowest BCUT2D eigenvalue weighted by atomic mass is 9.67. The van der Waals surface area contributed by atoms with Gasteiger partial charge in [0.15, 0.2) is 0 Å². The Labute approximate surface area is 358 Å². The Morgan fingerprint density at radius 3 is 1.49 bits per heavy atom. The van der Waals surface area contributed by atoms with Gasteiger partial charge in [0.2, 0.25) is 0 Å². The second-order valence-electron chi connectivity index (χ2n) is 20.4. The number of hydrogen-bond acceptors (Lipinski definition) is 7. The van der Waals surface area contributed by atoms with Gasteiger partial charge in [0.1, 0.15) is 5.75 Å². The third-order valence-electron chi connectivity index (χ3n) is 15.2. The van der Waals surface area contributed by atoms with Crippen LogP contribution < -0.4 is 4.74 Å². The van der Waals surface area contributed by atoms with Gasteiger partial charge in [0.05, 0.1) is 33.0 Å². The van der Waals surface area contributed by atoms with Crippen LogP contribution in [0.5, 0.6) is 5.75 Å². The van der Waals surface area contributed by atoms with Crippen molar-refractivity contribution >= 4 is 11.9 Å². The summed E-state index contributed by atoms with van der Waals surface area (Å²) in [7, 11) is 0. The van der Waals surface area contributed by atoms with Crippen molar-refractivity contribution in [1.29, 1.82) is 0 Å². The molecule has 4 fully saturated rings. The summed E-state index contributed by atoms with van der Waals surface area (Å²) in [4.78, 5) is 24.2. The summed E-state index contributed by atoms with van der Waals surface area (Å²) in [6.07, 6.45) is 26.9. The lowest BCUT2D eigenvalue weighted by Crippen LogP contribution is -2.33. The first-order valence-corrected chi connectivity index (χ1v) is 24.1. The molecular weight excluding hydrogens is 737 g/mol. The summed E-state index contributed by atoms with van der Waals surface area (Å²) in [5.74, 6) is 5.47. The van der Waals surface area contributed by atoms with Gasteiger partial charge < -0.3 is 24.4 Å². The molecule has 0 spiro atoms. The molecule has 7 nitrogen and oxygen atoms in total. The zero-order chi connectivity index (χ0) is 42.4. The Kier molecular flexibility index (Phi) is 18.9. The zero-order valence-corrected chi connectivity index (χ0v) is 37.7. The van der Waals surface area contributed by atoms with E-state index >= 15 is 0 Å². The van der Waals surface area contributed by atoms with E-state index in [-0.39, 0.29) is 31.8 Å². The maximum absolute atomic E-state index is 12.1. The summed E-state index contributed by atoms with van der Waals surface area (Å²) in [5.41, 5.74) is 4.22. The van der Waals surface area contributed by atoms with Gasteiger partial charge in [-0.3, -0.25) is 0 Å². The molecule has 332 valence electrons. The second-order valence-corrected chi connectivity index (χ2v) is 20.4. The highest BCUT2D eigenvalue weighted by molar-refractivity contribution is 5.87. The Bertz CT molecular complexity index is 1400. The molecule has 4 saturated carbocycles. The summed E-state index contributed by atoms with van der Waals surface area (Å²) in [6, 6.07) is 4.99. The van der Waals surface area contributed by atoms with E-state index in [0.717, 1.165) is 87.7 Å². The molecule has 1 aromatic rings. The van der Waals surface area contributed by atoms with Gasteiger partial charge in [-0.15, -0.1) is 0 Å². The van der Waals surface area contributed by atoms with Gasteiger partial charge in [-0.1, -0.05) is 77.7 Å². The minimum absolute atomic E-state index is 0.143. The average Bonchev–Trinajstić information content (AvgIpc) is 3.25. The van der Waals surface area contributed by atoms with Crippen LogP contribution in [0.25, 0.3) is 0 Å². The topological polar surface area (TPSA) is 102 Å². The van der Waals surface area contributed by atoms with E-state index in [1.807, 2.05) is 6.92 Å². The minimum Gasteiger partial charge on any atom is -0.492 e. The van der Waals surface area contributed by atoms with Crippen LogP contribution in [0.1, 0.15) is 179 Å². The largest absolute Gasteiger partial charge is 0.492 e. The smallest absolute Gasteiger partial charge is 0.333 e. The Morgan fingerprint density at radius 1 is 0.644 bits per heavy atom. The van der Waals surface area contributed by atoms with Crippen molar-refractivity contribution in [2.75, 3.05) is 33.0 Å². The van der Waals surface area contributed by atoms with E-state index in [9.17, 15) is 19.8 Å². The Morgan fingerprint density at radius 2 is 1.07 bits per heavy atom. The van der Waals surface area contributed by atoms with Crippen LogP contribution in [0.2, 0.25) is 0 Å². The predicted molar refractivity (Wildman–Crippen MR) is 238 cm³/mol. The van der Waals surface area contributed by atoms with Crippen LogP contribution in [-0.2, 0) is 31.9 Å². The molecule has 2 N–H and O–H groups in total. The van der Waals surface area contributed by atoms with E-state index < -0.39 is 5.41 Å². The molecule has 5 rings (SSSR count). The van der Waals surface area contributed by atoms with Gasteiger partial charge in [-0.2, -0.15) is 0 Å². The highest BCUT2D eigenvalue weighted by Crippen LogP contribution is 2.47. The molecule has 0 unspecified atom stereocenters. The second kappa shape index (κ2) is 23.5. The number of aliphatic hydroxyl groups excluding tert-OH is 2. The number of benzene rings is 1. The molecule has 0 aliphatic heterocycles. The minimum atomic E-state index is -0.737. The first-order valence-electron chi connectivity index (χ1n) is 24.1. The predicted octanol–water partition coefficient (Wildman–Crippen LogP) is 11.7. The molecular formula is C52H82O7. The maximum Gasteiger partial charge on any atom is 0.333 e. The molecule has 4 aliphatic carbocycles. The summed E-state index contributed by atoms with van der Waals surface area (Å²) in [6.45, 7) is 16.0. The number of rotatable bonds is 21. The average molecular weight is 819 g/mol. The number of carbonyl (C=O) groups excluding carboxylic acids is 2. The van der Waals surface area contributed by atoms with Crippen LogP contribution in [0.4, 0.5) is 0 Å². The Hall–Kier alpha value is -2.64. The molecule has 59 heavy (non-hydrogen) atoms. The first kappa shape index (κ1) is 47.4. The van der Waals surface area contributed by atoms with Crippen molar-refractivity contribution < 1.29 is 34.0 Å².